The van der Waals surface area contributed by atoms with E-state index in [4.69, 9.17) is 4.74 Å². The second-order valence-corrected chi connectivity index (χ2v) is 4.52. The molecule has 2 aromatic carbocycles. The van der Waals surface area contributed by atoms with Gasteiger partial charge in [0, 0.05) is 5.56 Å². The van der Waals surface area contributed by atoms with Gasteiger partial charge in [0.25, 0.3) is 0 Å². The van der Waals surface area contributed by atoms with Crippen molar-refractivity contribution in [2.45, 2.75) is 13.0 Å². The van der Waals surface area contributed by atoms with E-state index in [1.165, 1.54) is 0 Å². The predicted molar refractivity (Wildman–Crippen MR) is 75.0 cm³/mol. The number of benzene rings is 2. The molecule has 0 fully saturated rings. The molecule has 0 aliphatic rings. The number of halogens is 1. The van der Waals surface area contributed by atoms with Crippen molar-refractivity contribution in [2.24, 2.45) is 0 Å². The molecule has 1 atom stereocenters. The van der Waals surface area contributed by atoms with E-state index in [0.717, 1.165) is 16.9 Å². The molecule has 2 nitrogen and oxygen atoms in total. The van der Waals surface area contributed by atoms with Gasteiger partial charge >= 0.3 is 0 Å². The van der Waals surface area contributed by atoms with Gasteiger partial charge in [0.05, 0.1) is 13.2 Å². The Morgan fingerprint density at radius 2 is 1.95 bits per heavy atom. The first-order valence-electron chi connectivity index (χ1n) is 6.23. The van der Waals surface area contributed by atoms with E-state index in [9.17, 15) is 4.39 Å². The Hall–Kier alpha value is -1.87. The van der Waals surface area contributed by atoms with E-state index in [-0.39, 0.29) is 11.9 Å². The maximum atomic E-state index is 14.1. The summed E-state index contributed by atoms with van der Waals surface area (Å²) in [4.78, 5) is 0. The highest BCUT2D eigenvalue weighted by Gasteiger charge is 2.16. The van der Waals surface area contributed by atoms with Crippen LogP contribution in [0.4, 0.5) is 4.39 Å². The number of methoxy groups -OCH3 is 1. The second kappa shape index (κ2) is 5.85. The van der Waals surface area contributed by atoms with Crippen LogP contribution in [0.5, 0.6) is 5.75 Å². The Labute approximate surface area is 113 Å². The second-order valence-electron chi connectivity index (χ2n) is 4.52. The van der Waals surface area contributed by atoms with Crippen LogP contribution in [-0.2, 0) is 0 Å². The fraction of sp³-hybridized carbons (Fsp3) is 0.250. The molecule has 0 aliphatic heterocycles. The number of hydrogen-bond acceptors (Lipinski definition) is 2. The Bertz CT molecular complexity index is 568. The molecule has 0 heterocycles. The van der Waals surface area contributed by atoms with Gasteiger partial charge in [-0.2, -0.15) is 0 Å². The van der Waals surface area contributed by atoms with E-state index < -0.39 is 0 Å². The van der Waals surface area contributed by atoms with Crippen molar-refractivity contribution in [3.05, 3.63) is 65.0 Å². The van der Waals surface area contributed by atoms with Crippen molar-refractivity contribution < 1.29 is 9.13 Å². The third-order valence-corrected chi connectivity index (χ3v) is 3.18. The summed E-state index contributed by atoms with van der Waals surface area (Å²) >= 11 is 0. The molecule has 2 rings (SSSR count). The molecule has 0 saturated carbocycles. The summed E-state index contributed by atoms with van der Waals surface area (Å²) in [7, 11) is 3.45. The molecule has 1 N–H and O–H groups in total. The van der Waals surface area contributed by atoms with Crippen molar-refractivity contribution in [3.63, 3.8) is 0 Å². The zero-order chi connectivity index (χ0) is 13.8. The molecule has 0 aliphatic carbocycles. The van der Waals surface area contributed by atoms with E-state index in [1.54, 1.807) is 13.2 Å². The summed E-state index contributed by atoms with van der Waals surface area (Å²) in [6, 6.07) is 12.8. The van der Waals surface area contributed by atoms with Crippen molar-refractivity contribution in [1.82, 2.24) is 5.32 Å². The lowest BCUT2D eigenvalue weighted by Gasteiger charge is -2.19. The van der Waals surface area contributed by atoms with Crippen LogP contribution in [0.1, 0.15) is 22.7 Å². The molecule has 100 valence electrons. The van der Waals surface area contributed by atoms with Gasteiger partial charge in [0.15, 0.2) is 0 Å². The summed E-state index contributed by atoms with van der Waals surface area (Å²) in [6.45, 7) is 1.88. The lowest BCUT2D eigenvalue weighted by Crippen LogP contribution is -2.19. The molecule has 0 radical (unpaired) electrons. The highest BCUT2D eigenvalue weighted by molar-refractivity contribution is 5.38. The number of aryl methyl sites for hydroxylation is 1. The molecular weight excluding hydrogens is 241 g/mol. The monoisotopic (exact) mass is 259 g/mol. The maximum Gasteiger partial charge on any atom is 0.128 e. The van der Waals surface area contributed by atoms with Crippen LogP contribution >= 0.6 is 0 Å². The van der Waals surface area contributed by atoms with Gasteiger partial charge in [-0.3, -0.25) is 0 Å². The predicted octanol–water partition coefficient (Wildman–Crippen LogP) is 3.45. The van der Waals surface area contributed by atoms with Crippen LogP contribution in [-0.4, -0.2) is 14.2 Å². The molecule has 1 unspecified atom stereocenters. The molecule has 2 aromatic rings. The van der Waals surface area contributed by atoms with Gasteiger partial charge in [0.2, 0.25) is 0 Å². The minimum Gasteiger partial charge on any atom is -0.497 e. The van der Waals surface area contributed by atoms with Gasteiger partial charge in [-0.25, -0.2) is 4.39 Å². The standard InChI is InChI=1S/C16H18FNO/c1-11-7-8-14(15(17)9-11)16(18-2)12-5-4-6-13(10-12)19-3/h4-10,16,18H,1-3H3. The summed E-state index contributed by atoms with van der Waals surface area (Å²) in [6.07, 6.45) is 0. The zero-order valence-corrected chi connectivity index (χ0v) is 11.4. The quantitative estimate of drug-likeness (QED) is 0.908. The summed E-state index contributed by atoms with van der Waals surface area (Å²) in [5.41, 5.74) is 2.53. The minimum atomic E-state index is -0.192. The number of nitrogens with one attached hydrogen (secondary N) is 1. The number of hydrogen-bond donors (Lipinski definition) is 1. The van der Waals surface area contributed by atoms with Crippen molar-refractivity contribution in [1.29, 1.82) is 0 Å². The number of rotatable bonds is 4. The third-order valence-electron chi connectivity index (χ3n) is 3.18. The summed E-state index contributed by atoms with van der Waals surface area (Å²) < 4.78 is 19.3. The minimum absolute atomic E-state index is 0.185. The van der Waals surface area contributed by atoms with Crippen LogP contribution in [0.25, 0.3) is 0 Å². The van der Waals surface area contributed by atoms with Crippen LogP contribution in [0.15, 0.2) is 42.5 Å². The summed E-state index contributed by atoms with van der Waals surface area (Å²) in [5, 5.41) is 3.15. The first-order chi connectivity index (χ1) is 9.15. The Morgan fingerprint density at radius 3 is 2.58 bits per heavy atom. The first kappa shape index (κ1) is 13.6. The molecule has 0 amide bonds. The van der Waals surface area contributed by atoms with Gasteiger partial charge in [-0.15, -0.1) is 0 Å². The van der Waals surface area contributed by atoms with Crippen LogP contribution in [0.2, 0.25) is 0 Å². The Morgan fingerprint density at radius 1 is 1.16 bits per heavy atom. The highest BCUT2D eigenvalue weighted by Crippen LogP contribution is 2.27. The lowest BCUT2D eigenvalue weighted by atomic mass is 9.97. The molecule has 19 heavy (non-hydrogen) atoms. The van der Waals surface area contributed by atoms with Crippen molar-refractivity contribution >= 4 is 0 Å². The van der Waals surface area contributed by atoms with Gasteiger partial charge in [-0.05, 0) is 43.3 Å². The van der Waals surface area contributed by atoms with Crippen molar-refractivity contribution in [3.8, 4) is 5.75 Å². The highest BCUT2D eigenvalue weighted by atomic mass is 19.1. The average Bonchev–Trinajstić information content (AvgIpc) is 2.42. The molecule has 0 spiro atoms. The van der Waals surface area contributed by atoms with E-state index in [1.807, 2.05) is 50.4 Å². The third kappa shape index (κ3) is 2.93. The molecule has 0 saturated heterocycles. The maximum absolute atomic E-state index is 14.1. The van der Waals surface area contributed by atoms with Crippen molar-refractivity contribution in [2.75, 3.05) is 14.2 Å². The smallest absolute Gasteiger partial charge is 0.128 e. The largest absolute Gasteiger partial charge is 0.497 e. The van der Waals surface area contributed by atoms with Gasteiger partial charge in [0.1, 0.15) is 11.6 Å². The fourth-order valence-corrected chi connectivity index (χ4v) is 2.19. The SMILES string of the molecule is CNC(c1cccc(OC)c1)c1ccc(C)cc1F. The average molecular weight is 259 g/mol. The van der Waals surface area contributed by atoms with Crippen LogP contribution in [0.3, 0.4) is 0 Å². The van der Waals surface area contributed by atoms with E-state index in [2.05, 4.69) is 5.32 Å². The van der Waals surface area contributed by atoms with Gasteiger partial charge < -0.3 is 10.1 Å². The number of ether oxygens (including phenoxy) is 1. The molecule has 3 heteroatoms. The lowest BCUT2D eigenvalue weighted by molar-refractivity contribution is 0.413. The van der Waals surface area contributed by atoms with Gasteiger partial charge in [-0.1, -0.05) is 24.3 Å². The van der Waals surface area contributed by atoms with Crippen LogP contribution in [0, 0.1) is 12.7 Å². The fourth-order valence-electron chi connectivity index (χ4n) is 2.19. The normalized spacial score (nSPS) is 12.2. The summed E-state index contributed by atoms with van der Waals surface area (Å²) in [5.74, 6) is 0.576. The molecule has 0 bridgehead atoms. The van der Waals surface area contributed by atoms with E-state index >= 15 is 0 Å². The Balaban J connectivity index is 2.43. The first-order valence-corrected chi connectivity index (χ1v) is 6.23. The Kier molecular flexibility index (Phi) is 4.17. The molecular formula is C16H18FNO. The molecule has 0 aromatic heterocycles. The topological polar surface area (TPSA) is 21.3 Å². The van der Waals surface area contributed by atoms with Crippen LogP contribution < -0.4 is 10.1 Å². The van der Waals surface area contributed by atoms with E-state index in [0.29, 0.717) is 5.56 Å². The zero-order valence-electron chi connectivity index (χ0n) is 11.4.